The lowest BCUT2D eigenvalue weighted by Crippen LogP contribution is -2.53. The topological polar surface area (TPSA) is 15.3 Å². The highest BCUT2D eigenvalue weighted by Gasteiger charge is 2.27. The Labute approximate surface area is 88.1 Å². The third kappa shape index (κ3) is 2.48. The van der Waals surface area contributed by atoms with E-state index in [2.05, 4.69) is 24.1 Å². The van der Waals surface area contributed by atoms with E-state index in [1.54, 1.807) is 0 Å². The highest BCUT2D eigenvalue weighted by atomic mass is 15.2. The van der Waals surface area contributed by atoms with Gasteiger partial charge in [-0.25, -0.2) is 0 Å². The normalized spacial score (nSPS) is 41.1. The predicted octanol–water partition coefficient (Wildman–Crippen LogP) is 1.86. The van der Waals surface area contributed by atoms with Crippen molar-refractivity contribution in [1.82, 2.24) is 10.2 Å². The van der Waals surface area contributed by atoms with Gasteiger partial charge in [-0.2, -0.15) is 0 Å². The molecule has 1 N–H and O–H groups in total. The van der Waals surface area contributed by atoms with E-state index in [4.69, 9.17) is 0 Å². The van der Waals surface area contributed by atoms with Crippen molar-refractivity contribution in [3.05, 3.63) is 0 Å². The van der Waals surface area contributed by atoms with Gasteiger partial charge < -0.3 is 5.32 Å². The maximum atomic E-state index is 3.52. The highest BCUT2D eigenvalue weighted by molar-refractivity contribution is 4.84. The van der Waals surface area contributed by atoms with Crippen LogP contribution in [0, 0.1) is 5.92 Å². The van der Waals surface area contributed by atoms with E-state index >= 15 is 0 Å². The highest BCUT2D eigenvalue weighted by Crippen LogP contribution is 2.27. The molecule has 1 saturated carbocycles. The number of hydrogen-bond donors (Lipinski definition) is 1. The number of nitrogens with zero attached hydrogens (tertiary/aromatic N) is 1. The van der Waals surface area contributed by atoms with Gasteiger partial charge in [-0.15, -0.1) is 0 Å². The van der Waals surface area contributed by atoms with E-state index in [1.807, 2.05) is 0 Å². The van der Waals surface area contributed by atoms with Gasteiger partial charge in [-0.3, -0.25) is 4.90 Å². The van der Waals surface area contributed by atoms with Crippen LogP contribution in [0.3, 0.4) is 0 Å². The maximum absolute atomic E-state index is 3.52. The number of rotatable bonds is 1. The molecule has 2 rings (SSSR count). The van der Waals surface area contributed by atoms with E-state index in [0.717, 1.165) is 12.0 Å². The SMILES string of the molecule is CC1CCCC(N2CCN[C@@H](C)C2)C1. The molecule has 0 aromatic rings. The monoisotopic (exact) mass is 196 g/mol. The molecule has 1 heterocycles. The van der Waals surface area contributed by atoms with E-state index < -0.39 is 0 Å². The lowest BCUT2D eigenvalue weighted by Gasteiger charge is -2.41. The summed E-state index contributed by atoms with van der Waals surface area (Å²) in [6, 6.07) is 1.59. The molecule has 1 aliphatic carbocycles. The molecule has 1 aliphatic heterocycles. The summed E-state index contributed by atoms with van der Waals surface area (Å²) in [5, 5.41) is 3.52. The van der Waals surface area contributed by atoms with Gasteiger partial charge in [-0.05, 0) is 25.7 Å². The Morgan fingerprint density at radius 3 is 2.79 bits per heavy atom. The summed E-state index contributed by atoms with van der Waals surface area (Å²) in [4.78, 5) is 2.72. The zero-order valence-electron chi connectivity index (χ0n) is 9.63. The average Bonchev–Trinajstić information content (AvgIpc) is 2.18. The molecule has 3 atom stereocenters. The fourth-order valence-corrected chi connectivity index (χ4v) is 3.03. The molecular weight excluding hydrogens is 172 g/mol. The van der Waals surface area contributed by atoms with Gasteiger partial charge in [0.25, 0.3) is 0 Å². The molecule has 0 radical (unpaired) electrons. The van der Waals surface area contributed by atoms with Crippen LogP contribution in [0.4, 0.5) is 0 Å². The van der Waals surface area contributed by atoms with Crippen molar-refractivity contribution < 1.29 is 0 Å². The van der Waals surface area contributed by atoms with Gasteiger partial charge in [0.15, 0.2) is 0 Å². The van der Waals surface area contributed by atoms with Crippen LogP contribution in [-0.2, 0) is 0 Å². The van der Waals surface area contributed by atoms with Crippen molar-refractivity contribution in [2.45, 2.75) is 51.6 Å². The Balaban J connectivity index is 1.86. The first-order valence-corrected chi connectivity index (χ1v) is 6.23. The van der Waals surface area contributed by atoms with E-state index in [9.17, 15) is 0 Å². The van der Waals surface area contributed by atoms with Crippen LogP contribution in [0.1, 0.15) is 39.5 Å². The smallest absolute Gasteiger partial charge is 0.0167 e. The van der Waals surface area contributed by atoms with E-state index in [-0.39, 0.29) is 0 Å². The minimum absolute atomic E-state index is 0.695. The summed E-state index contributed by atoms with van der Waals surface area (Å²) < 4.78 is 0. The van der Waals surface area contributed by atoms with Crippen LogP contribution in [-0.4, -0.2) is 36.6 Å². The van der Waals surface area contributed by atoms with E-state index in [0.29, 0.717) is 6.04 Å². The Bertz CT molecular complexity index is 161. The fourth-order valence-electron chi connectivity index (χ4n) is 3.03. The van der Waals surface area contributed by atoms with Crippen molar-refractivity contribution in [3.63, 3.8) is 0 Å². The van der Waals surface area contributed by atoms with Crippen molar-refractivity contribution in [1.29, 1.82) is 0 Å². The molecule has 2 fully saturated rings. The van der Waals surface area contributed by atoms with Crippen LogP contribution < -0.4 is 5.32 Å². The standard InChI is InChI=1S/C12H24N2/c1-10-4-3-5-12(8-10)14-7-6-13-11(2)9-14/h10-13H,3-9H2,1-2H3/t10?,11-,12?/m0/s1. The number of hydrogen-bond acceptors (Lipinski definition) is 2. The molecular formula is C12H24N2. The summed E-state index contributed by atoms with van der Waals surface area (Å²) in [6.45, 7) is 8.43. The minimum Gasteiger partial charge on any atom is -0.312 e. The third-order valence-corrected chi connectivity index (χ3v) is 3.83. The van der Waals surface area contributed by atoms with Crippen LogP contribution in [0.15, 0.2) is 0 Å². The first-order valence-electron chi connectivity index (χ1n) is 6.23. The zero-order chi connectivity index (χ0) is 9.97. The zero-order valence-corrected chi connectivity index (χ0v) is 9.63. The number of piperazine rings is 1. The molecule has 82 valence electrons. The molecule has 0 spiro atoms. The molecule has 2 aliphatic rings. The molecule has 0 aromatic carbocycles. The Morgan fingerprint density at radius 1 is 1.21 bits per heavy atom. The largest absolute Gasteiger partial charge is 0.312 e. The lowest BCUT2D eigenvalue weighted by atomic mass is 9.86. The Hall–Kier alpha value is -0.0800. The molecule has 14 heavy (non-hydrogen) atoms. The van der Waals surface area contributed by atoms with Crippen LogP contribution in [0.25, 0.3) is 0 Å². The molecule has 0 bridgehead atoms. The van der Waals surface area contributed by atoms with Crippen LogP contribution in [0.2, 0.25) is 0 Å². The first-order chi connectivity index (χ1) is 6.75. The number of nitrogens with one attached hydrogen (secondary N) is 1. The molecule has 2 nitrogen and oxygen atoms in total. The average molecular weight is 196 g/mol. The molecule has 2 unspecified atom stereocenters. The molecule has 0 amide bonds. The minimum atomic E-state index is 0.695. The second kappa shape index (κ2) is 4.63. The summed E-state index contributed by atoms with van der Waals surface area (Å²) >= 11 is 0. The molecule has 2 heteroatoms. The first kappa shape index (κ1) is 10.4. The fraction of sp³-hybridized carbons (Fsp3) is 1.00. The van der Waals surface area contributed by atoms with Gasteiger partial charge in [0.2, 0.25) is 0 Å². The van der Waals surface area contributed by atoms with Crippen LogP contribution >= 0.6 is 0 Å². The summed E-state index contributed by atoms with van der Waals surface area (Å²) in [5.74, 6) is 0.957. The van der Waals surface area contributed by atoms with Gasteiger partial charge in [0, 0.05) is 31.7 Å². The van der Waals surface area contributed by atoms with Gasteiger partial charge in [0.05, 0.1) is 0 Å². The van der Waals surface area contributed by atoms with Crippen molar-refractivity contribution in [3.8, 4) is 0 Å². The quantitative estimate of drug-likeness (QED) is 0.688. The Kier molecular flexibility index (Phi) is 3.45. The molecule has 0 aromatic heterocycles. The Morgan fingerprint density at radius 2 is 2.07 bits per heavy atom. The van der Waals surface area contributed by atoms with Crippen molar-refractivity contribution in [2.24, 2.45) is 5.92 Å². The third-order valence-electron chi connectivity index (χ3n) is 3.83. The summed E-state index contributed by atoms with van der Waals surface area (Å²) in [5.41, 5.74) is 0. The summed E-state index contributed by atoms with van der Waals surface area (Å²) in [7, 11) is 0. The predicted molar refractivity (Wildman–Crippen MR) is 60.5 cm³/mol. The summed E-state index contributed by atoms with van der Waals surface area (Å²) in [6.07, 6.45) is 5.78. The second-order valence-electron chi connectivity index (χ2n) is 5.28. The lowest BCUT2D eigenvalue weighted by molar-refractivity contribution is 0.104. The van der Waals surface area contributed by atoms with Gasteiger partial charge >= 0.3 is 0 Å². The van der Waals surface area contributed by atoms with Gasteiger partial charge in [0.1, 0.15) is 0 Å². The second-order valence-corrected chi connectivity index (χ2v) is 5.28. The van der Waals surface area contributed by atoms with Crippen molar-refractivity contribution in [2.75, 3.05) is 19.6 Å². The molecule has 1 saturated heterocycles. The van der Waals surface area contributed by atoms with Crippen LogP contribution in [0.5, 0.6) is 0 Å². The van der Waals surface area contributed by atoms with E-state index in [1.165, 1.54) is 45.3 Å². The maximum Gasteiger partial charge on any atom is 0.0167 e. The van der Waals surface area contributed by atoms with Gasteiger partial charge in [-0.1, -0.05) is 19.8 Å². The van der Waals surface area contributed by atoms with Crippen molar-refractivity contribution >= 4 is 0 Å².